The predicted octanol–water partition coefficient (Wildman–Crippen LogP) is -0.629. The van der Waals surface area contributed by atoms with Crippen LogP contribution in [0.4, 0.5) is 4.48 Å². The molecule has 0 bridgehead atoms. The van der Waals surface area contributed by atoms with E-state index in [4.69, 9.17) is 14.8 Å². The van der Waals surface area contributed by atoms with E-state index in [2.05, 4.69) is 8.70 Å². The molecule has 1 rings (SSSR count). The molecule has 0 unspecified atom stereocenters. The van der Waals surface area contributed by atoms with Gasteiger partial charge in [0, 0.05) is 11.7 Å². The third-order valence-electron chi connectivity index (χ3n) is 1.27. The summed E-state index contributed by atoms with van der Waals surface area (Å²) >= 11 is 0.630. The van der Waals surface area contributed by atoms with E-state index in [1.807, 2.05) is 0 Å². The van der Waals surface area contributed by atoms with Gasteiger partial charge in [0.25, 0.3) is 0 Å². The Balaban J connectivity index is 0.000000500. The molecule has 0 aliphatic rings. The van der Waals surface area contributed by atoms with Gasteiger partial charge in [-0.3, -0.25) is 0 Å². The molecule has 0 fully saturated rings. The second kappa shape index (κ2) is 7.73. The Labute approximate surface area is 91.8 Å². The van der Waals surface area contributed by atoms with E-state index < -0.39 is 7.12 Å². The van der Waals surface area contributed by atoms with Crippen LogP contribution in [0.3, 0.4) is 0 Å². The molecule has 0 aliphatic heterocycles. The number of hydrogen-bond acceptors (Lipinski definition) is 5. The second-order valence-corrected chi connectivity index (χ2v) is 2.54. The van der Waals surface area contributed by atoms with Crippen LogP contribution in [0.25, 0.3) is 0 Å². The Kier molecular flexibility index (Phi) is 7.37. The maximum atomic E-state index is 9.95. The van der Waals surface area contributed by atoms with Crippen LogP contribution in [-0.2, 0) is 19.6 Å². The van der Waals surface area contributed by atoms with Gasteiger partial charge in [-0.25, -0.2) is 4.98 Å². The summed E-state index contributed by atoms with van der Waals surface area (Å²) in [6.07, 6.45) is 1.52. The van der Waals surface area contributed by atoms with Crippen molar-refractivity contribution in [2.24, 2.45) is 3.72 Å². The number of nitrogens with zero attached hydrogens (tertiary/aromatic N) is 2. The Morgan fingerprint density at radius 3 is 2.57 bits per heavy atom. The molecular weight excluding hydrogens is 362 g/mol. The van der Waals surface area contributed by atoms with Crippen LogP contribution in [0.1, 0.15) is 0 Å². The fourth-order valence-electron chi connectivity index (χ4n) is 0.770. The van der Waals surface area contributed by atoms with E-state index in [9.17, 15) is 4.48 Å². The van der Waals surface area contributed by atoms with Gasteiger partial charge in [0.1, 0.15) is 0 Å². The van der Waals surface area contributed by atoms with Crippen LogP contribution >= 0.6 is 0 Å². The second-order valence-electron chi connectivity index (χ2n) is 2.04. The Morgan fingerprint density at radius 1 is 1.64 bits per heavy atom. The Morgan fingerprint density at radius 2 is 2.21 bits per heavy atom. The molecule has 0 saturated carbocycles. The van der Waals surface area contributed by atoms with E-state index in [1.54, 1.807) is 6.07 Å². The summed E-state index contributed by atoms with van der Waals surface area (Å²) < 4.78 is 16.8. The van der Waals surface area contributed by atoms with E-state index in [1.165, 1.54) is 19.4 Å². The van der Waals surface area contributed by atoms with Crippen molar-refractivity contribution in [3.05, 3.63) is 18.3 Å². The van der Waals surface area contributed by atoms with Gasteiger partial charge in [0.2, 0.25) is 5.88 Å². The van der Waals surface area contributed by atoms with Crippen molar-refractivity contribution in [3.8, 4) is 5.88 Å². The van der Waals surface area contributed by atoms with Gasteiger partial charge in [-0.05, 0) is 6.07 Å². The number of methoxy groups -OCH3 is 1. The van der Waals surface area contributed by atoms with Gasteiger partial charge in [-0.15, -0.1) is 0 Å². The number of halogens is 1. The molecule has 0 amide bonds. The Bertz CT molecular complexity index is 290. The molecule has 0 atom stereocenters. The van der Waals surface area contributed by atoms with Crippen molar-refractivity contribution < 1.29 is 38.9 Å². The first-order chi connectivity index (χ1) is 6.67. The molecule has 76 valence electrons. The van der Waals surface area contributed by atoms with Crippen molar-refractivity contribution >= 4 is 12.6 Å². The molecule has 0 radical (unpaired) electrons. The summed E-state index contributed by atoms with van der Waals surface area (Å²) in [5.41, 5.74) is 0.273. The topological polar surface area (TPSA) is 74.9 Å². The van der Waals surface area contributed by atoms with Crippen LogP contribution < -0.4 is 10.2 Å². The molecule has 1 aromatic rings. The quantitative estimate of drug-likeness (QED) is 0.681. The SMILES string of the molecule is COc1ncccc1B(O)O.F[N]=[W]. The minimum atomic E-state index is -1.53. The predicted molar refractivity (Wildman–Crippen MR) is 44.2 cm³/mol. The minimum absolute atomic E-state index is 0.238. The van der Waals surface area contributed by atoms with Crippen molar-refractivity contribution in [1.29, 1.82) is 0 Å². The van der Waals surface area contributed by atoms with Crippen molar-refractivity contribution in [3.63, 3.8) is 0 Å². The van der Waals surface area contributed by atoms with Crippen LogP contribution in [0.2, 0.25) is 0 Å². The molecule has 1 heterocycles. The average Bonchev–Trinajstić information content (AvgIpc) is 2.19. The number of rotatable bonds is 2. The third-order valence-corrected chi connectivity index (χ3v) is 1.27. The summed E-state index contributed by atoms with van der Waals surface area (Å²) in [4.78, 5) is 3.78. The number of ether oxygens (including phenoxy) is 1. The third kappa shape index (κ3) is 4.55. The van der Waals surface area contributed by atoms with Crippen LogP contribution in [-0.4, -0.2) is 29.3 Å². The molecular formula is C6H8BFN2O3W. The normalized spacial score (nSPS) is 8.29. The van der Waals surface area contributed by atoms with Crippen molar-refractivity contribution in [1.82, 2.24) is 4.98 Å². The first-order valence-electron chi connectivity index (χ1n) is 3.46. The standard InChI is InChI=1S/C6H8BNO3.FN.W/c1-11-6-5(7(9)10)3-2-4-8-6;1-2;/h2-4,9-10H,1H3;;. The van der Waals surface area contributed by atoms with E-state index in [0.717, 1.165) is 0 Å². The number of hydrogen-bond donors (Lipinski definition) is 2. The monoisotopic (exact) mass is 370 g/mol. The summed E-state index contributed by atoms with van der Waals surface area (Å²) in [5.74, 6) is 0.238. The van der Waals surface area contributed by atoms with Crippen LogP contribution in [0, 0.1) is 0 Å². The molecule has 8 heteroatoms. The molecule has 0 saturated heterocycles. The van der Waals surface area contributed by atoms with Crippen molar-refractivity contribution in [2.75, 3.05) is 7.11 Å². The zero-order chi connectivity index (χ0) is 11.0. The number of pyridine rings is 1. The van der Waals surface area contributed by atoms with E-state index in [0.29, 0.717) is 19.6 Å². The molecule has 14 heavy (non-hydrogen) atoms. The Hall–Kier alpha value is -0.647. The summed E-state index contributed by atoms with van der Waals surface area (Å²) in [5, 5.41) is 17.5. The van der Waals surface area contributed by atoms with Gasteiger partial charge in [-0.1, -0.05) is 6.07 Å². The van der Waals surface area contributed by atoms with E-state index >= 15 is 0 Å². The van der Waals surface area contributed by atoms with E-state index in [-0.39, 0.29) is 11.3 Å². The molecule has 2 N–H and O–H groups in total. The zero-order valence-electron chi connectivity index (χ0n) is 7.29. The van der Waals surface area contributed by atoms with Crippen LogP contribution in [0.15, 0.2) is 22.0 Å². The summed E-state index contributed by atoms with van der Waals surface area (Å²) in [6, 6.07) is 3.15. The maximum absolute atomic E-state index is 9.95. The molecule has 5 nitrogen and oxygen atoms in total. The summed E-state index contributed by atoms with van der Waals surface area (Å²) in [6.45, 7) is 0. The fourth-order valence-corrected chi connectivity index (χ4v) is 0.770. The number of aromatic nitrogens is 1. The van der Waals surface area contributed by atoms with Gasteiger partial charge in [0.05, 0.1) is 7.11 Å². The van der Waals surface area contributed by atoms with Gasteiger partial charge in [0.15, 0.2) is 0 Å². The van der Waals surface area contributed by atoms with Crippen molar-refractivity contribution in [2.45, 2.75) is 0 Å². The molecule has 1 aromatic heterocycles. The summed E-state index contributed by atoms with van der Waals surface area (Å²) in [7, 11) is -0.104. The van der Waals surface area contributed by atoms with Crippen LogP contribution in [0.5, 0.6) is 5.88 Å². The first kappa shape index (κ1) is 13.4. The van der Waals surface area contributed by atoms with Gasteiger partial charge >= 0.3 is 34.9 Å². The first-order valence-corrected chi connectivity index (χ1v) is 4.77. The molecule has 0 spiro atoms. The molecule has 0 aromatic carbocycles. The zero-order valence-corrected chi connectivity index (χ0v) is 10.2. The average molecular weight is 370 g/mol. The van der Waals surface area contributed by atoms with Gasteiger partial charge < -0.3 is 14.8 Å². The van der Waals surface area contributed by atoms with Gasteiger partial charge in [-0.2, -0.15) is 0 Å². The molecule has 0 aliphatic carbocycles. The fraction of sp³-hybridized carbons (Fsp3) is 0.167.